The molecule has 0 radical (unpaired) electrons. The number of phenolic OH excluding ortho intramolecular Hbond substituents is 1. The standard InChI is InChI=1S/C56H38N3O2.Pt/c1-36-29-43(33-48(57-36)39-19-14-20-40(30-39)49-31-42(38-17-6-3-7-18-38)32-50(58-49)46-22-9-12-25-52(46)60)56-55(41-27-28-45-44-21-10-13-26-53(44)61-54(45)34-41)47-23-8-11-24-51(47)59(56)35-37-15-4-2-5-16-37;/h2-29,31-34,60H,35H2,1H3;/q-1;. The topological polar surface area (TPSA) is 64.1 Å². The Morgan fingerprint density at radius 1 is 0.516 bits per heavy atom. The molecule has 0 aliphatic rings. The summed E-state index contributed by atoms with van der Waals surface area (Å²) in [5.41, 5.74) is 16.0. The smallest absolute Gasteiger partial charge is 0.136 e. The summed E-state index contributed by atoms with van der Waals surface area (Å²) < 4.78 is 8.90. The van der Waals surface area contributed by atoms with Crippen LogP contribution in [0.4, 0.5) is 0 Å². The van der Waals surface area contributed by atoms with Crippen molar-refractivity contribution in [1.29, 1.82) is 0 Å². The number of pyridine rings is 2. The monoisotopic (exact) mass is 979 g/mol. The number of hydrogen-bond donors (Lipinski definition) is 1. The molecule has 4 aromatic heterocycles. The van der Waals surface area contributed by atoms with Crippen molar-refractivity contribution < 1.29 is 30.6 Å². The van der Waals surface area contributed by atoms with Crippen LogP contribution in [0.5, 0.6) is 5.75 Å². The molecule has 1 N–H and O–H groups in total. The second kappa shape index (κ2) is 16.3. The third-order valence-corrected chi connectivity index (χ3v) is 11.5. The Kier molecular flexibility index (Phi) is 10.2. The first-order valence-corrected chi connectivity index (χ1v) is 20.5. The predicted octanol–water partition coefficient (Wildman–Crippen LogP) is 14.2. The maximum Gasteiger partial charge on any atom is 0.136 e. The fraction of sp³-hybridized carbons (Fsp3) is 0.0357. The van der Waals surface area contributed by atoms with E-state index in [1.165, 1.54) is 5.56 Å². The van der Waals surface area contributed by atoms with Crippen LogP contribution in [0.15, 0.2) is 199 Å². The van der Waals surface area contributed by atoms with Gasteiger partial charge in [-0.25, -0.2) is 0 Å². The van der Waals surface area contributed by atoms with Crippen molar-refractivity contribution in [2.45, 2.75) is 13.5 Å². The van der Waals surface area contributed by atoms with Crippen molar-refractivity contribution in [2.24, 2.45) is 0 Å². The average Bonchev–Trinajstić information content (AvgIpc) is 3.84. The van der Waals surface area contributed by atoms with Gasteiger partial charge in [0.1, 0.15) is 16.9 Å². The zero-order chi connectivity index (χ0) is 40.9. The number of furan rings is 1. The van der Waals surface area contributed by atoms with Gasteiger partial charge in [-0.1, -0.05) is 139 Å². The van der Waals surface area contributed by atoms with Crippen molar-refractivity contribution >= 4 is 32.8 Å². The van der Waals surface area contributed by atoms with Crippen LogP contribution in [0.25, 0.3) is 100 Å². The molecule has 62 heavy (non-hydrogen) atoms. The average molecular weight is 980 g/mol. The van der Waals surface area contributed by atoms with Gasteiger partial charge in [0, 0.05) is 77.5 Å². The Balaban J connectivity index is 0.00000458. The molecule has 0 aliphatic heterocycles. The molecule has 0 unspecified atom stereocenters. The Morgan fingerprint density at radius 3 is 1.97 bits per heavy atom. The summed E-state index contributed by atoms with van der Waals surface area (Å²) >= 11 is 0. The third-order valence-electron chi connectivity index (χ3n) is 11.5. The van der Waals surface area contributed by atoms with Gasteiger partial charge in [-0.05, 0) is 83.3 Å². The normalized spacial score (nSPS) is 11.3. The Labute approximate surface area is 373 Å². The number of fused-ring (bicyclic) bond motifs is 4. The van der Waals surface area contributed by atoms with E-state index in [9.17, 15) is 5.11 Å². The molecular formula is C56H38N3O2Pt-. The van der Waals surface area contributed by atoms with Crippen LogP contribution >= 0.6 is 0 Å². The number of hydrogen-bond acceptors (Lipinski definition) is 4. The van der Waals surface area contributed by atoms with Crippen molar-refractivity contribution in [3.8, 4) is 73.0 Å². The fourth-order valence-corrected chi connectivity index (χ4v) is 8.71. The summed E-state index contributed by atoms with van der Waals surface area (Å²) in [6, 6.07) is 70.1. The summed E-state index contributed by atoms with van der Waals surface area (Å²) in [4.78, 5) is 10.2. The number of phenols is 1. The molecule has 11 aromatic rings. The number of aromatic hydroxyl groups is 1. The van der Waals surface area contributed by atoms with E-state index in [0.717, 1.165) is 94.6 Å². The van der Waals surface area contributed by atoms with Crippen LogP contribution in [-0.2, 0) is 27.6 Å². The molecule has 0 bridgehead atoms. The second-order valence-corrected chi connectivity index (χ2v) is 15.5. The largest absolute Gasteiger partial charge is 0.507 e. The van der Waals surface area contributed by atoms with Gasteiger partial charge in [-0.2, -0.15) is 0 Å². The molecule has 0 aliphatic carbocycles. The van der Waals surface area contributed by atoms with E-state index in [2.05, 4.69) is 139 Å². The molecule has 0 atom stereocenters. The van der Waals surface area contributed by atoms with Gasteiger partial charge in [0.05, 0.1) is 11.4 Å². The third kappa shape index (κ3) is 7.11. The quantitative estimate of drug-likeness (QED) is 0.154. The molecule has 0 amide bonds. The Hall–Kier alpha value is -7.33. The Morgan fingerprint density at radius 2 is 1.16 bits per heavy atom. The molecule has 0 saturated carbocycles. The number of para-hydroxylation sites is 3. The van der Waals surface area contributed by atoms with Crippen LogP contribution in [0, 0.1) is 13.0 Å². The molecule has 11 rings (SSSR count). The molecular weight excluding hydrogens is 942 g/mol. The molecule has 0 fully saturated rings. The molecule has 6 heteroatoms. The van der Waals surface area contributed by atoms with E-state index >= 15 is 0 Å². The molecule has 4 heterocycles. The number of rotatable bonds is 8. The summed E-state index contributed by atoms with van der Waals surface area (Å²) in [6.45, 7) is 2.75. The van der Waals surface area contributed by atoms with Crippen molar-refractivity contribution in [2.75, 3.05) is 0 Å². The minimum absolute atomic E-state index is 0. The number of nitrogens with zero attached hydrogens (tertiary/aromatic N) is 3. The van der Waals surface area contributed by atoms with Gasteiger partial charge in [0.15, 0.2) is 0 Å². The van der Waals surface area contributed by atoms with Crippen LogP contribution in [0.3, 0.4) is 0 Å². The zero-order valence-electron chi connectivity index (χ0n) is 33.7. The van der Waals surface area contributed by atoms with Gasteiger partial charge in [-0.15, -0.1) is 24.3 Å². The molecule has 5 nitrogen and oxygen atoms in total. The minimum atomic E-state index is 0. The van der Waals surface area contributed by atoms with Gasteiger partial charge in [0.2, 0.25) is 0 Å². The summed E-state index contributed by atoms with van der Waals surface area (Å²) in [5.74, 6) is 0.182. The number of aryl methyl sites for hydroxylation is 1. The summed E-state index contributed by atoms with van der Waals surface area (Å²) in [5, 5.41) is 14.3. The van der Waals surface area contributed by atoms with E-state index in [0.29, 0.717) is 17.8 Å². The first-order valence-electron chi connectivity index (χ1n) is 20.5. The molecule has 7 aromatic carbocycles. The van der Waals surface area contributed by atoms with Crippen LogP contribution in [0.2, 0.25) is 0 Å². The van der Waals surface area contributed by atoms with Gasteiger partial charge in [-0.3, -0.25) is 9.97 Å². The van der Waals surface area contributed by atoms with Gasteiger partial charge in [0.25, 0.3) is 0 Å². The zero-order valence-corrected chi connectivity index (χ0v) is 36.0. The van der Waals surface area contributed by atoms with E-state index in [-0.39, 0.29) is 26.8 Å². The van der Waals surface area contributed by atoms with Crippen molar-refractivity contribution in [1.82, 2.24) is 14.5 Å². The molecule has 0 spiro atoms. The van der Waals surface area contributed by atoms with Crippen molar-refractivity contribution in [3.63, 3.8) is 0 Å². The Bertz CT molecular complexity index is 3430. The van der Waals surface area contributed by atoms with Gasteiger partial charge < -0.3 is 14.1 Å². The number of benzene rings is 7. The van der Waals surface area contributed by atoms with E-state index in [4.69, 9.17) is 14.4 Å². The van der Waals surface area contributed by atoms with E-state index in [1.54, 1.807) is 6.07 Å². The van der Waals surface area contributed by atoms with E-state index < -0.39 is 0 Å². The first-order chi connectivity index (χ1) is 30.0. The van der Waals surface area contributed by atoms with E-state index in [1.807, 2.05) is 66.7 Å². The van der Waals surface area contributed by atoms with Crippen molar-refractivity contribution in [3.05, 3.63) is 211 Å². The maximum absolute atomic E-state index is 10.9. The van der Waals surface area contributed by atoms with Crippen LogP contribution in [-0.4, -0.2) is 19.6 Å². The van der Waals surface area contributed by atoms with Crippen LogP contribution < -0.4 is 0 Å². The maximum atomic E-state index is 10.9. The first kappa shape index (κ1) is 38.8. The molecule has 0 saturated heterocycles. The molecule has 300 valence electrons. The summed E-state index contributed by atoms with van der Waals surface area (Å²) in [6.07, 6.45) is 0. The minimum Gasteiger partial charge on any atom is -0.507 e. The fourth-order valence-electron chi connectivity index (χ4n) is 8.71. The van der Waals surface area contributed by atoms with Gasteiger partial charge >= 0.3 is 0 Å². The predicted molar refractivity (Wildman–Crippen MR) is 248 cm³/mol. The number of aromatic nitrogens is 3. The second-order valence-electron chi connectivity index (χ2n) is 15.5. The SMILES string of the molecule is Cc1cc(-c2c(-c3ccc4c(c3)oc3ccccc34)c3ccccc3n2Cc2ccccc2)cc(-c2[c-]c(-c3cc(-c4ccccc4)cc(-c4ccccc4O)n3)ccc2)n1.[Pt]. The van der Waals surface area contributed by atoms with Crippen LogP contribution in [0.1, 0.15) is 11.3 Å². The summed E-state index contributed by atoms with van der Waals surface area (Å²) in [7, 11) is 0.